The summed E-state index contributed by atoms with van der Waals surface area (Å²) in [6, 6.07) is 5.36. The van der Waals surface area contributed by atoms with Gasteiger partial charge in [0.25, 0.3) is 5.56 Å². The van der Waals surface area contributed by atoms with E-state index in [1.165, 1.54) is 18.1 Å². The van der Waals surface area contributed by atoms with Crippen molar-refractivity contribution in [2.75, 3.05) is 33.4 Å². The molecule has 1 atom stereocenters. The summed E-state index contributed by atoms with van der Waals surface area (Å²) < 4.78 is 18.2. The first-order chi connectivity index (χ1) is 16.1. The number of carbonyl (C=O) groups excluding carboxylic acids is 2. The molecule has 33 heavy (non-hydrogen) atoms. The smallest absolute Gasteiger partial charge is 0.343 e. The first kappa shape index (κ1) is 23.5. The quantitative estimate of drug-likeness (QED) is 0.574. The Morgan fingerprint density at radius 3 is 2.85 bits per heavy atom. The highest BCUT2D eigenvalue weighted by Gasteiger charge is 2.28. The number of pyridine rings is 1. The molecular weight excluding hydrogens is 444 g/mol. The highest BCUT2D eigenvalue weighted by Crippen LogP contribution is 2.25. The number of aryl methyl sites for hydroxylation is 1. The molecular formula is C24H30N2O6S. The van der Waals surface area contributed by atoms with Gasteiger partial charge in [-0.1, -0.05) is 6.07 Å². The van der Waals surface area contributed by atoms with Gasteiger partial charge in [0.2, 0.25) is 5.91 Å². The second-order valence-corrected chi connectivity index (χ2v) is 9.35. The van der Waals surface area contributed by atoms with Crippen LogP contribution in [0.15, 0.2) is 28.4 Å². The Kier molecular flexibility index (Phi) is 7.82. The largest absolute Gasteiger partial charge is 0.490 e. The van der Waals surface area contributed by atoms with E-state index in [1.54, 1.807) is 20.8 Å². The van der Waals surface area contributed by atoms with Crippen molar-refractivity contribution in [1.82, 2.24) is 9.47 Å². The zero-order chi connectivity index (χ0) is 23.2. The summed E-state index contributed by atoms with van der Waals surface area (Å²) in [4.78, 5) is 41.4. The Labute approximate surface area is 197 Å². The van der Waals surface area contributed by atoms with Gasteiger partial charge in [-0.05, 0) is 37.1 Å². The molecule has 2 aliphatic rings. The zero-order valence-corrected chi connectivity index (χ0v) is 19.7. The van der Waals surface area contributed by atoms with Crippen LogP contribution in [0.2, 0.25) is 0 Å². The Morgan fingerprint density at radius 1 is 1.24 bits per heavy atom. The SMILES string of the molecule is COC(=O)c1c(OCC2CCCCO2)cc(=O)n2c1CCN(C(=O)CCc1cccs1)CC2. The third-order valence-corrected chi connectivity index (χ3v) is 7.14. The Morgan fingerprint density at radius 2 is 2.12 bits per heavy atom. The van der Waals surface area contributed by atoms with Crippen molar-refractivity contribution in [1.29, 1.82) is 0 Å². The second-order valence-electron chi connectivity index (χ2n) is 8.32. The lowest BCUT2D eigenvalue weighted by Crippen LogP contribution is -2.34. The van der Waals surface area contributed by atoms with Gasteiger partial charge >= 0.3 is 5.97 Å². The molecule has 0 spiro atoms. The minimum absolute atomic E-state index is 0.0507. The van der Waals surface area contributed by atoms with Crippen molar-refractivity contribution in [2.45, 2.75) is 51.2 Å². The number of nitrogens with zero attached hydrogens (tertiary/aromatic N) is 2. The summed E-state index contributed by atoms with van der Waals surface area (Å²) in [5.74, 6) is -0.268. The lowest BCUT2D eigenvalue weighted by Gasteiger charge is -2.24. The number of fused-ring (bicyclic) bond motifs is 1. The molecule has 1 saturated heterocycles. The molecule has 2 aromatic rings. The van der Waals surface area contributed by atoms with Crippen LogP contribution in [-0.2, 0) is 33.7 Å². The van der Waals surface area contributed by atoms with Gasteiger partial charge in [-0.15, -0.1) is 11.3 Å². The molecule has 2 aromatic heterocycles. The van der Waals surface area contributed by atoms with Gasteiger partial charge < -0.3 is 23.7 Å². The molecule has 0 aromatic carbocycles. The first-order valence-corrected chi connectivity index (χ1v) is 12.3. The van der Waals surface area contributed by atoms with E-state index in [-0.39, 0.29) is 35.5 Å². The maximum atomic E-state index is 12.9. The van der Waals surface area contributed by atoms with Gasteiger partial charge in [0.1, 0.15) is 17.9 Å². The number of ether oxygens (including phenoxy) is 3. The highest BCUT2D eigenvalue weighted by molar-refractivity contribution is 7.09. The van der Waals surface area contributed by atoms with E-state index >= 15 is 0 Å². The van der Waals surface area contributed by atoms with Gasteiger partial charge in [0.05, 0.1) is 13.2 Å². The molecule has 4 rings (SSSR count). The third kappa shape index (κ3) is 5.65. The number of hydrogen-bond donors (Lipinski definition) is 0. The first-order valence-electron chi connectivity index (χ1n) is 11.5. The van der Waals surface area contributed by atoms with Crippen molar-refractivity contribution >= 4 is 23.2 Å². The fraction of sp³-hybridized carbons (Fsp3) is 0.542. The van der Waals surface area contributed by atoms with Crippen LogP contribution in [0.25, 0.3) is 0 Å². The molecule has 1 amide bonds. The molecule has 0 saturated carbocycles. The van der Waals surface area contributed by atoms with E-state index in [9.17, 15) is 14.4 Å². The zero-order valence-electron chi connectivity index (χ0n) is 18.9. The summed E-state index contributed by atoms with van der Waals surface area (Å²) in [5, 5.41) is 2.00. The number of carbonyl (C=O) groups is 2. The molecule has 8 nitrogen and oxygen atoms in total. The van der Waals surface area contributed by atoms with E-state index in [0.29, 0.717) is 51.2 Å². The van der Waals surface area contributed by atoms with Crippen LogP contribution in [0, 0.1) is 0 Å². The average molecular weight is 475 g/mol. The summed E-state index contributed by atoms with van der Waals surface area (Å²) >= 11 is 1.64. The van der Waals surface area contributed by atoms with Crippen molar-refractivity contribution < 1.29 is 23.8 Å². The minimum atomic E-state index is -0.546. The Bertz CT molecular complexity index is 1030. The van der Waals surface area contributed by atoms with Crippen LogP contribution in [0.4, 0.5) is 0 Å². The normalized spacial score (nSPS) is 18.3. The number of thiophene rings is 1. The molecule has 2 aliphatic heterocycles. The van der Waals surface area contributed by atoms with Crippen molar-refractivity contribution in [3.63, 3.8) is 0 Å². The van der Waals surface area contributed by atoms with E-state index in [0.717, 1.165) is 19.3 Å². The van der Waals surface area contributed by atoms with Crippen LogP contribution in [0.1, 0.15) is 46.6 Å². The van der Waals surface area contributed by atoms with Crippen LogP contribution in [0.3, 0.4) is 0 Å². The van der Waals surface area contributed by atoms with E-state index in [4.69, 9.17) is 14.2 Å². The number of aromatic nitrogens is 1. The van der Waals surface area contributed by atoms with Crippen molar-refractivity contribution in [2.24, 2.45) is 0 Å². The third-order valence-electron chi connectivity index (χ3n) is 6.20. The summed E-state index contributed by atoms with van der Waals surface area (Å²) in [5.41, 5.74) is 0.577. The summed E-state index contributed by atoms with van der Waals surface area (Å²) in [6.07, 6.45) is 4.44. The predicted octanol–water partition coefficient (Wildman–Crippen LogP) is 2.66. The topological polar surface area (TPSA) is 87.1 Å². The number of methoxy groups -OCH3 is 1. The minimum Gasteiger partial charge on any atom is -0.490 e. The molecule has 1 unspecified atom stereocenters. The number of amides is 1. The molecule has 178 valence electrons. The fourth-order valence-corrected chi connectivity index (χ4v) is 5.11. The van der Waals surface area contributed by atoms with Gasteiger partial charge in [-0.25, -0.2) is 4.79 Å². The van der Waals surface area contributed by atoms with Crippen molar-refractivity contribution in [3.05, 3.63) is 50.1 Å². The molecule has 0 bridgehead atoms. The maximum Gasteiger partial charge on any atom is 0.343 e. The van der Waals surface area contributed by atoms with Crippen LogP contribution in [-0.4, -0.2) is 60.9 Å². The molecule has 0 radical (unpaired) electrons. The van der Waals surface area contributed by atoms with Gasteiger partial charge in [-0.3, -0.25) is 9.59 Å². The fourth-order valence-electron chi connectivity index (χ4n) is 4.40. The molecule has 1 fully saturated rings. The number of esters is 1. The van der Waals surface area contributed by atoms with E-state index < -0.39 is 5.97 Å². The summed E-state index contributed by atoms with van der Waals surface area (Å²) in [6.45, 7) is 2.16. The van der Waals surface area contributed by atoms with E-state index in [2.05, 4.69) is 0 Å². The Hall–Kier alpha value is -2.65. The molecule has 4 heterocycles. The van der Waals surface area contributed by atoms with Crippen molar-refractivity contribution in [3.8, 4) is 5.75 Å². The summed E-state index contributed by atoms with van der Waals surface area (Å²) in [7, 11) is 1.32. The van der Waals surface area contributed by atoms with Crippen LogP contribution < -0.4 is 10.3 Å². The van der Waals surface area contributed by atoms with Gasteiger partial charge in [0.15, 0.2) is 0 Å². The van der Waals surface area contributed by atoms with Gasteiger partial charge in [0, 0.05) is 55.7 Å². The number of hydrogen-bond acceptors (Lipinski definition) is 7. The predicted molar refractivity (Wildman–Crippen MR) is 124 cm³/mol. The van der Waals surface area contributed by atoms with Crippen LogP contribution >= 0.6 is 11.3 Å². The lowest BCUT2D eigenvalue weighted by molar-refractivity contribution is -0.131. The highest BCUT2D eigenvalue weighted by atomic mass is 32.1. The standard InChI is InChI=1S/C24H30N2O6S/c1-30-24(29)23-19-9-10-25(21(27)8-7-18-6-4-14-33-18)11-12-26(19)22(28)15-20(23)32-16-17-5-2-3-13-31-17/h4,6,14-15,17H,2-3,5,7-13,16H2,1H3. The van der Waals surface area contributed by atoms with Gasteiger partial charge in [-0.2, -0.15) is 0 Å². The monoisotopic (exact) mass is 474 g/mol. The molecule has 0 aliphatic carbocycles. The molecule has 0 N–H and O–H groups in total. The second kappa shape index (κ2) is 11.0. The molecule has 9 heteroatoms. The average Bonchev–Trinajstić information content (AvgIpc) is 3.26. The number of rotatable bonds is 7. The maximum absolute atomic E-state index is 12.9. The van der Waals surface area contributed by atoms with Crippen LogP contribution in [0.5, 0.6) is 5.75 Å². The lowest BCUT2D eigenvalue weighted by atomic mass is 10.1. The Balaban J connectivity index is 1.51. The van der Waals surface area contributed by atoms with E-state index in [1.807, 2.05) is 17.5 Å².